The fourth-order valence-corrected chi connectivity index (χ4v) is 4.90. The molecular weight excluding hydrogens is 526 g/mol. The van der Waals surface area contributed by atoms with Gasteiger partial charge in [-0.1, -0.05) is 35.3 Å². The molecule has 0 radical (unpaired) electrons. The Bertz CT molecular complexity index is 809. The van der Waals surface area contributed by atoms with Crippen LogP contribution >= 0.6 is 35.0 Å². The molecule has 0 bridgehead atoms. The molecule has 1 heterocycles. The SMILES string of the molecule is C[N+](C)(Cc1ccc(NC(=O)c2ccc(Cl)c(Cl)c2)cc1)C1CCSCC1.[I-]. The van der Waals surface area contributed by atoms with Crippen LogP contribution in [0.3, 0.4) is 0 Å². The topological polar surface area (TPSA) is 29.1 Å². The van der Waals surface area contributed by atoms with E-state index in [0.29, 0.717) is 15.6 Å². The minimum atomic E-state index is -0.197. The highest BCUT2D eigenvalue weighted by Crippen LogP contribution is 2.27. The number of nitrogens with zero attached hydrogens (tertiary/aromatic N) is 1. The predicted octanol–water partition coefficient (Wildman–Crippen LogP) is 2.72. The van der Waals surface area contributed by atoms with Crippen molar-refractivity contribution in [2.24, 2.45) is 0 Å². The second kappa shape index (κ2) is 10.5. The molecule has 1 amide bonds. The van der Waals surface area contributed by atoms with Crippen LogP contribution in [0.15, 0.2) is 42.5 Å². The van der Waals surface area contributed by atoms with Crippen molar-refractivity contribution < 1.29 is 33.3 Å². The lowest BCUT2D eigenvalue weighted by Crippen LogP contribution is -3.00. The summed E-state index contributed by atoms with van der Waals surface area (Å²) in [5.41, 5.74) is 2.54. The van der Waals surface area contributed by atoms with E-state index in [0.717, 1.165) is 22.8 Å². The van der Waals surface area contributed by atoms with E-state index in [1.807, 2.05) is 12.1 Å². The van der Waals surface area contributed by atoms with Crippen LogP contribution in [-0.2, 0) is 6.54 Å². The lowest BCUT2D eigenvalue weighted by Gasteiger charge is -2.40. The smallest absolute Gasteiger partial charge is 0.255 e. The summed E-state index contributed by atoms with van der Waals surface area (Å²) in [5, 5.41) is 3.73. The number of benzene rings is 2. The van der Waals surface area contributed by atoms with Gasteiger partial charge < -0.3 is 33.8 Å². The number of nitrogens with one attached hydrogen (secondary N) is 1. The van der Waals surface area contributed by atoms with Crippen LogP contribution in [0.4, 0.5) is 5.69 Å². The van der Waals surface area contributed by atoms with Gasteiger partial charge in [0.05, 0.1) is 30.2 Å². The molecule has 1 aliphatic rings. The molecule has 3 rings (SSSR count). The van der Waals surface area contributed by atoms with E-state index >= 15 is 0 Å². The summed E-state index contributed by atoms with van der Waals surface area (Å²) in [6, 6.07) is 13.7. The third-order valence-corrected chi connectivity index (χ3v) is 6.95. The molecule has 3 nitrogen and oxygen atoms in total. The molecule has 1 N–H and O–H groups in total. The van der Waals surface area contributed by atoms with Crippen LogP contribution in [0.2, 0.25) is 10.0 Å². The summed E-state index contributed by atoms with van der Waals surface area (Å²) in [6.45, 7) is 0.996. The summed E-state index contributed by atoms with van der Waals surface area (Å²) in [6.07, 6.45) is 2.57. The first-order chi connectivity index (χ1) is 12.8. The molecule has 1 aliphatic heterocycles. The van der Waals surface area contributed by atoms with Gasteiger partial charge in [0, 0.05) is 29.7 Å². The Balaban J connectivity index is 0.00000280. The molecule has 1 saturated heterocycles. The first-order valence-corrected chi connectivity index (χ1v) is 11.0. The molecule has 0 aromatic heterocycles. The van der Waals surface area contributed by atoms with Crippen LogP contribution in [-0.4, -0.2) is 42.0 Å². The van der Waals surface area contributed by atoms with E-state index in [1.165, 1.54) is 29.9 Å². The number of carbonyl (C=O) groups excluding carboxylic acids is 1. The largest absolute Gasteiger partial charge is 1.00 e. The summed E-state index contributed by atoms with van der Waals surface area (Å²) < 4.78 is 1.01. The summed E-state index contributed by atoms with van der Waals surface area (Å²) in [7, 11) is 4.64. The van der Waals surface area contributed by atoms with Gasteiger partial charge in [-0.05, 0) is 41.8 Å². The predicted molar refractivity (Wildman–Crippen MR) is 117 cm³/mol. The Morgan fingerprint density at radius 3 is 2.32 bits per heavy atom. The maximum atomic E-state index is 12.4. The minimum absolute atomic E-state index is 0. The van der Waals surface area contributed by atoms with Gasteiger partial charge in [-0.15, -0.1) is 0 Å². The zero-order valence-corrected chi connectivity index (χ0v) is 20.5. The Hall–Kier alpha value is -0.470. The third kappa shape index (κ3) is 6.26. The second-order valence-corrected chi connectivity index (χ2v) is 9.60. The van der Waals surface area contributed by atoms with E-state index in [4.69, 9.17) is 23.2 Å². The normalized spacial score (nSPS) is 15.0. The van der Waals surface area contributed by atoms with E-state index in [-0.39, 0.29) is 29.9 Å². The average Bonchev–Trinajstić information content (AvgIpc) is 2.66. The first-order valence-electron chi connectivity index (χ1n) is 9.11. The standard InChI is InChI=1S/C21H24Cl2N2OS.HI/c1-25(2,18-9-11-27-12-10-18)14-15-3-6-17(7-4-15)24-21(26)16-5-8-19(22)20(23)13-16;/h3-8,13,18H,9-12,14H2,1-2H3;1H. The molecule has 0 atom stereocenters. The summed E-state index contributed by atoms with van der Waals surface area (Å²) >= 11 is 14.0. The quantitative estimate of drug-likeness (QED) is 0.458. The number of rotatable bonds is 5. The zero-order valence-electron chi connectivity index (χ0n) is 16.1. The van der Waals surface area contributed by atoms with Crippen LogP contribution in [0.1, 0.15) is 28.8 Å². The molecule has 152 valence electrons. The number of hydrogen-bond acceptors (Lipinski definition) is 2. The second-order valence-electron chi connectivity index (χ2n) is 7.56. The number of amides is 1. The molecule has 7 heteroatoms. The third-order valence-electron chi connectivity index (χ3n) is 5.16. The van der Waals surface area contributed by atoms with Crippen molar-refractivity contribution in [2.45, 2.75) is 25.4 Å². The highest BCUT2D eigenvalue weighted by Gasteiger charge is 2.30. The summed E-state index contributed by atoms with van der Waals surface area (Å²) in [5.74, 6) is 2.34. The molecule has 2 aromatic rings. The van der Waals surface area contributed by atoms with Crippen molar-refractivity contribution in [1.82, 2.24) is 0 Å². The number of thioether (sulfide) groups is 1. The van der Waals surface area contributed by atoms with Gasteiger partial charge in [0.25, 0.3) is 5.91 Å². The van der Waals surface area contributed by atoms with Crippen LogP contribution in [0.5, 0.6) is 0 Å². The summed E-state index contributed by atoms with van der Waals surface area (Å²) in [4.78, 5) is 12.4. The molecular formula is C21H25Cl2IN2OS. The zero-order chi connectivity index (χ0) is 19.4. The number of anilines is 1. The monoisotopic (exact) mass is 550 g/mol. The molecule has 0 unspecified atom stereocenters. The number of hydrogen-bond donors (Lipinski definition) is 1. The van der Waals surface area contributed by atoms with Crippen molar-refractivity contribution >= 4 is 46.6 Å². The van der Waals surface area contributed by atoms with E-state index < -0.39 is 0 Å². The molecule has 28 heavy (non-hydrogen) atoms. The minimum Gasteiger partial charge on any atom is -1.00 e. The van der Waals surface area contributed by atoms with Gasteiger partial charge in [-0.25, -0.2) is 0 Å². The Kier molecular flexibility index (Phi) is 8.95. The van der Waals surface area contributed by atoms with Gasteiger partial charge in [0.2, 0.25) is 0 Å². The maximum absolute atomic E-state index is 12.4. The Labute approximate surface area is 198 Å². The molecule has 0 saturated carbocycles. The van der Waals surface area contributed by atoms with Crippen LogP contribution < -0.4 is 29.3 Å². The van der Waals surface area contributed by atoms with E-state index in [2.05, 4.69) is 43.3 Å². The van der Waals surface area contributed by atoms with Crippen molar-refractivity contribution in [1.29, 1.82) is 0 Å². The number of carbonyl (C=O) groups is 1. The van der Waals surface area contributed by atoms with Gasteiger partial charge in [-0.3, -0.25) is 4.79 Å². The Morgan fingerprint density at radius 2 is 1.71 bits per heavy atom. The Morgan fingerprint density at radius 1 is 1.07 bits per heavy atom. The van der Waals surface area contributed by atoms with Gasteiger partial charge in [0.15, 0.2) is 0 Å². The molecule has 0 spiro atoms. The molecule has 0 aliphatic carbocycles. The number of halogens is 3. The van der Waals surface area contributed by atoms with Crippen molar-refractivity contribution in [3.63, 3.8) is 0 Å². The maximum Gasteiger partial charge on any atom is 0.255 e. The lowest BCUT2D eigenvalue weighted by atomic mass is 10.1. The highest BCUT2D eigenvalue weighted by molar-refractivity contribution is 7.99. The highest BCUT2D eigenvalue weighted by atomic mass is 127. The van der Waals surface area contributed by atoms with Crippen LogP contribution in [0.25, 0.3) is 0 Å². The first kappa shape index (κ1) is 23.8. The van der Waals surface area contributed by atoms with E-state index in [9.17, 15) is 4.79 Å². The fourth-order valence-electron chi connectivity index (χ4n) is 3.52. The van der Waals surface area contributed by atoms with Gasteiger partial charge in [0.1, 0.15) is 6.54 Å². The fraction of sp³-hybridized carbons (Fsp3) is 0.381. The van der Waals surface area contributed by atoms with Crippen LogP contribution in [0, 0.1) is 0 Å². The van der Waals surface area contributed by atoms with Crippen molar-refractivity contribution in [3.8, 4) is 0 Å². The average molecular weight is 551 g/mol. The van der Waals surface area contributed by atoms with E-state index in [1.54, 1.807) is 18.2 Å². The van der Waals surface area contributed by atoms with Crippen molar-refractivity contribution in [2.75, 3.05) is 30.9 Å². The lowest BCUT2D eigenvalue weighted by molar-refractivity contribution is -0.928. The van der Waals surface area contributed by atoms with Gasteiger partial charge in [-0.2, -0.15) is 11.8 Å². The molecule has 1 fully saturated rings. The van der Waals surface area contributed by atoms with Gasteiger partial charge >= 0.3 is 0 Å². The molecule has 2 aromatic carbocycles. The number of quaternary nitrogens is 1. The van der Waals surface area contributed by atoms with Crippen molar-refractivity contribution in [3.05, 3.63) is 63.6 Å².